The molecule has 4 heterocycles. The summed E-state index contributed by atoms with van der Waals surface area (Å²) in [5, 5.41) is 4.00. The monoisotopic (exact) mass is 592 g/mol. The molecular formula is C44H36N2+2. The molecule has 0 amide bonds. The molecule has 1 spiro atoms. The van der Waals surface area contributed by atoms with Crippen LogP contribution in [0.1, 0.15) is 62.4 Å². The van der Waals surface area contributed by atoms with Gasteiger partial charge in [0.05, 0.1) is 22.1 Å². The lowest BCUT2D eigenvalue weighted by Crippen LogP contribution is -2.71. The molecule has 0 fully saturated rings. The molecule has 7 aromatic rings. The fraction of sp³-hybridized carbons (Fsp3) is 0.182. The third-order valence-electron chi connectivity index (χ3n) is 11.2. The summed E-state index contributed by atoms with van der Waals surface area (Å²) < 4.78 is 5.30. The fourth-order valence-electron chi connectivity index (χ4n) is 9.49. The van der Waals surface area contributed by atoms with Crippen molar-refractivity contribution in [2.24, 2.45) is 0 Å². The number of hydrogen-bond acceptors (Lipinski definition) is 0. The molecule has 220 valence electrons. The smallest absolute Gasteiger partial charge is 0.125 e. The maximum atomic E-state index is 2.73. The van der Waals surface area contributed by atoms with E-state index >= 15 is 0 Å². The van der Waals surface area contributed by atoms with E-state index in [2.05, 4.69) is 171 Å². The van der Waals surface area contributed by atoms with Gasteiger partial charge in [0, 0.05) is 29.0 Å². The van der Waals surface area contributed by atoms with Crippen molar-refractivity contribution < 1.29 is 9.13 Å². The second kappa shape index (κ2) is 8.39. The van der Waals surface area contributed by atoms with Crippen molar-refractivity contribution >= 4 is 21.7 Å². The zero-order chi connectivity index (χ0) is 31.2. The average Bonchev–Trinajstić information content (AvgIpc) is 3.63. The summed E-state index contributed by atoms with van der Waals surface area (Å²) in [6, 6.07) is 45.8. The van der Waals surface area contributed by atoms with Crippen LogP contribution < -0.4 is 9.13 Å². The van der Waals surface area contributed by atoms with Gasteiger partial charge in [-0.15, -0.1) is 9.13 Å². The molecule has 2 nitrogen and oxygen atoms in total. The van der Waals surface area contributed by atoms with Crippen LogP contribution in [0.5, 0.6) is 0 Å². The summed E-state index contributed by atoms with van der Waals surface area (Å²) in [5.41, 5.74) is 15.4. The Balaban J connectivity index is 1.56. The van der Waals surface area contributed by atoms with Gasteiger partial charge in [-0.25, -0.2) is 0 Å². The summed E-state index contributed by atoms with van der Waals surface area (Å²) in [6.45, 7) is 11.9. The Kier molecular flexibility index (Phi) is 4.77. The van der Waals surface area contributed by atoms with Crippen LogP contribution in [0.3, 0.4) is 0 Å². The Bertz CT molecular complexity index is 2450. The van der Waals surface area contributed by atoms with Gasteiger partial charge in [0.15, 0.2) is 6.20 Å². The maximum absolute atomic E-state index is 2.73. The molecule has 1 aliphatic carbocycles. The van der Waals surface area contributed by atoms with E-state index in [-0.39, 0.29) is 10.8 Å². The summed E-state index contributed by atoms with van der Waals surface area (Å²) in [7, 11) is 0. The molecule has 2 aliphatic heterocycles. The topological polar surface area (TPSA) is 7.76 Å². The van der Waals surface area contributed by atoms with Gasteiger partial charge in [0.1, 0.15) is 11.1 Å². The highest BCUT2D eigenvalue weighted by molar-refractivity contribution is 6.04. The molecule has 0 N–H and O–H groups in total. The van der Waals surface area contributed by atoms with Crippen LogP contribution in [0.25, 0.3) is 55.3 Å². The van der Waals surface area contributed by atoms with Crippen molar-refractivity contribution in [1.82, 2.24) is 0 Å². The van der Waals surface area contributed by atoms with E-state index in [1.165, 1.54) is 83.1 Å². The average molecular weight is 593 g/mol. The van der Waals surface area contributed by atoms with E-state index in [1.807, 2.05) is 0 Å². The van der Waals surface area contributed by atoms with Gasteiger partial charge in [-0.1, -0.05) is 107 Å². The molecule has 5 aromatic carbocycles. The first-order valence-corrected chi connectivity index (χ1v) is 16.6. The van der Waals surface area contributed by atoms with Crippen LogP contribution in [0, 0.1) is 0 Å². The normalized spacial score (nSPS) is 17.9. The maximum Gasteiger partial charge on any atom is 0.418 e. The summed E-state index contributed by atoms with van der Waals surface area (Å²) in [6.07, 6.45) is 2.31. The largest absolute Gasteiger partial charge is 0.418 e. The molecule has 2 aromatic heterocycles. The van der Waals surface area contributed by atoms with Crippen molar-refractivity contribution in [3.05, 3.63) is 155 Å². The lowest BCUT2D eigenvalue weighted by Gasteiger charge is -2.25. The highest BCUT2D eigenvalue weighted by atomic mass is 15.3. The molecule has 2 heteroatoms. The summed E-state index contributed by atoms with van der Waals surface area (Å²) in [4.78, 5) is 0. The fourth-order valence-corrected chi connectivity index (χ4v) is 9.49. The number of aromatic nitrogens is 2. The highest BCUT2D eigenvalue weighted by Gasteiger charge is 2.69. The van der Waals surface area contributed by atoms with Gasteiger partial charge >= 0.3 is 5.66 Å². The van der Waals surface area contributed by atoms with Crippen molar-refractivity contribution in [3.63, 3.8) is 0 Å². The Morgan fingerprint density at radius 1 is 0.565 bits per heavy atom. The Hall–Kier alpha value is -5.08. The number of pyridine rings is 2. The van der Waals surface area contributed by atoms with Gasteiger partial charge in [0.2, 0.25) is 16.9 Å². The van der Waals surface area contributed by atoms with Crippen LogP contribution >= 0.6 is 0 Å². The minimum Gasteiger partial charge on any atom is -0.125 e. The van der Waals surface area contributed by atoms with Crippen molar-refractivity contribution in [2.45, 2.75) is 51.1 Å². The quantitative estimate of drug-likeness (QED) is 0.155. The van der Waals surface area contributed by atoms with Crippen LogP contribution in [0.4, 0.5) is 0 Å². The standard InChI is InChI=1S/C44H36N2/c1-42(2,3)35-26-32-39(28-17-7-6-16-27(28)35)44(34-22-12-8-18-29(34)36-23-14-15-25-45(36)44)46-37-24-13-10-20-31(37)40-38(41(32)46)30-19-9-11-21-33(30)43(40,4)5/h6-26H,1-5H3/q+2. The van der Waals surface area contributed by atoms with Crippen molar-refractivity contribution in [3.8, 4) is 33.6 Å². The van der Waals surface area contributed by atoms with Crippen LogP contribution in [0.2, 0.25) is 0 Å². The molecule has 0 bridgehead atoms. The highest BCUT2D eigenvalue weighted by Crippen LogP contribution is 2.59. The molecule has 0 saturated carbocycles. The zero-order valence-electron chi connectivity index (χ0n) is 27.0. The first kappa shape index (κ1) is 26.2. The Morgan fingerprint density at radius 3 is 1.98 bits per heavy atom. The molecule has 0 radical (unpaired) electrons. The number of benzene rings is 5. The van der Waals surface area contributed by atoms with Crippen LogP contribution in [0.15, 0.2) is 128 Å². The van der Waals surface area contributed by atoms with E-state index in [4.69, 9.17) is 0 Å². The Morgan fingerprint density at radius 2 is 1.20 bits per heavy atom. The Labute approximate surface area is 270 Å². The number of fused-ring (bicyclic) bond motifs is 19. The predicted octanol–water partition coefficient (Wildman–Crippen LogP) is 9.43. The van der Waals surface area contributed by atoms with Crippen molar-refractivity contribution in [2.75, 3.05) is 0 Å². The molecule has 46 heavy (non-hydrogen) atoms. The van der Waals surface area contributed by atoms with Gasteiger partial charge in [-0.2, -0.15) is 0 Å². The SMILES string of the molecule is CC(C)(C)c1cc2c(c3ccccc13)C1(c3ccccc3-c3cccc[n+]31)[n+]1c-2c2c(c3ccccc31)C(C)(C)c1ccccc1-2. The second-order valence-electron chi connectivity index (χ2n) is 14.9. The number of hydrogen-bond donors (Lipinski definition) is 0. The van der Waals surface area contributed by atoms with Crippen LogP contribution in [-0.4, -0.2) is 0 Å². The van der Waals surface area contributed by atoms with Gasteiger partial charge in [0.25, 0.3) is 0 Å². The number of nitrogens with zero attached hydrogens (tertiary/aromatic N) is 2. The van der Waals surface area contributed by atoms with E-state index < -0.39 is 5.66 Å². The van der Waals surface area contributed by atoms with Gasteiger partial charge in [-0.05, 0) is 63.4 Å². The minimum absolute atomic E-state index is 0.0367. The second-order valence-corrected chi connectivity index (χ2v) is 14.9. The molecule has 1 unspecified atom stereocenters. The zero-order valence-corrected chi connectivity index (χ0v) is 27.0. The third-order valence-corrected chi connectivity index (χ3v) is 11.2. The number of rotatable bonds is 0. The summed E-state index contributed by atoms with van der Waals surface area (Å²) in [5.74, 6) is 0. The summed E-state index contributed by atoms with van der Waals surface area (Å²) >= 11 is 0. The van der Waals surface area contributed by atoms with Gasteiger partial charge in [-0.3, -0.25) is 0 Å². The minimum atomic E-state index is -0.607. The first-order chi connectivity index (χ1) is 22.3. The number of para-hydroxylation sites is 1. The predicted molar refractivity (Wildman–Crippen MR) is 187 cm³/mol. The molecular weight excluding hydrogens is 556 g/mol. The molecule has 10 rings (SSSR count). The molecule has 1 atom stereocenters. The molecule has 0 saturated heterocycles. The molecule has 3 aliphatic rings. The third kappa shape index (κ3) is 2.86. The van der Waals surface area contributed by atoms with E-state index in [0.29, 0.717) is 0 Å². The van der Waals surface area contributed by atoms with Gasteiger partial charge < -0.3 is 0 Å². The van der Waals surface area contributed by atoms with E-state index in [9.17, 15) is 0 Å². The van der Waals surface area contributed by atoms with E-state index in [0.717, 1.165) is 0 Å². The van der Waals surface area contributed by atoms with E-state index in [1.54, 1.807) is 0 Å². The first-order valence-electron chi connectivity index (χ1n) is 16.6. The van der Waals surface area contributed by atoms with Crippen LogP contribution in [-0.2, 0) is 16.5 Å². The lowest BCUT2D eigenvalue weighted by molar-refractivity contribution is -0.944. The lowest BCUT2D eigenvalue weighted by atomic mass is 9.78. The van der Waals surface area contributed by atoms with Crippen molar-refractivity contribution in [1.29, 1.82) is 0 Å².